The standard InChI is InChI=1S/C13H20N2O4S/c1-13(2,3)11(19-12(14)16)8-9-4-6-10(7-5-9)20(15,17)18/h4-7,11H,8H2,1-3H3,(H2,14,16)(H2,15,17,18). The first-order chi connectivity index (χ1) is 9.00. The normalized spacial score (nSPS) is 13.8. The van der Waals surface area contributed by atoms with Crippen LogP contribution in [0.15, 0.2) is 29.2 Å². The molecule has 0 spiro atoms. The van der Waals surface area contributed by atoms with Crippen molar-refractivity contribution in [3.8, 4) is 0 Å². The number of hydrogen-bond donors (Lipinski definition) is 2. The highest BCUT2D eigenvalue weighted by Gasteiger charge is 2.28. The maximum Gasteiger partial charge on any atom is 0.404 e. The average Bonchev–Trinajstić information content (AvgIpc) is 2.25. The lowest BCUT2D eigenvalue weighted by molar-refractivity contribution is 0.0374. The van der Waals surface area contributed by atoms with E-state index in [1.54, 1.807) is 12.1 Å². The molecule has 7 heteroatoms. The Hall–Kier alpha value is -1.60. The van der Waals surface area contributed by atoms with E-state index in [-0.39, 0.29) is 10.3 Å². The van der Waals surface area contributed by atoms with Crippen LogP contribution in [0.2, 0.25) is 0 Å². The zero-order valence-corrected chi connectivity index (χ0v) is 12.6. The summed E-state index contributed by atoms with van der Waals surface area (Å²) in [5.41, 5.74) is 5.62. The molecular weight excluding hydrogens is 280 g/mol. The minimum atomic E-state index is -3.70. The minimum Gasteiger partial charge on any atom is -0.445 e. The predicted molar refractivity (Wildman–Crippen MR) is 75.4 cm³/mol. The van der Waals surface area contributed by atoms with Crippen LogP contribution in [0.3, 0.4) is 0 Å². The zero-order valence-electron chi connectivity index (χ0n) is 11.8. The Morgan fingerprint density at radius 3 is 2.10 bits per heavy atom. The first kappa shape index (κ1) is 16.5. The van der Waals surface area contributed by atoms with Crippen molar-refractivity contribution in [2.45, 2.75) is 38.2 Å². The summed E-state index contributed by atoms with van der Waals surface area (Å²) in [7, 11) is -3.70. The number of hydrogen-bond acceptors (Lipinski definition) is 4. The first-order valence-corrected chi connectivity index (χ1v) is 7.62. The number of sulfonamides is 1. The van der Waals surface area contributed by atoms with Gasteiger partial charge >= 0.3 is 6.09 Å². The highest BCUT2D eigenvalue weighted by molar-refractivity contribution is 7.89. The van der Waals surface area contributed by atoms with Gasteiger partial charge in [-0.15, -0.1) is 0 Å². The van der Waals surface area contributed by atoms with Crippen LogP contribution in [0.5, 0.6) is 0 Å². The van der Waals surface area contributed by atoms with Gasteiger partial charge in [0.1, 0.15) is 6.10 Å². The number of benzene rings is 1. The maximum atomic E-state index is 11.2. The third-order valence-corrected chi connectivity index (χ3v) is 3.83. The lowest BCUT2D eigenvalue weighted by atomic mass is 9.85. The summed E-state index contributed by atoms with van der Waals surface area (Å²) in [6, 6.07) is 6.13. The van der Waals surface area contributed by atoms with E-state index in [0.29, 0.717) is 6.42 Å². The zero-order chi connectivity index (χ0) is 15.6. The second-order valence-electron chi connectivity index (χ2n) is 5.68. The molecule has 0 heterocycles. The van der Waals surface area contributed by atoms with Gasteiger partial charge in [0.05, 0.1) is 4.90 Å². The van der Waals surface area contributed by atoms with Crippen molar-refractivity contribution in [1.82, 2.24) is 0 Å². The van der Waals surface area contributed by atoms with Crippen molar-refractivity contribution in [3.05, 3.63) is 29.8 Å². The topological polar surface area (TPSA) is 112 Å². The van der Waals surface area contributed by atoms with Gasteiger partial charge in [-0.1, -0.05) is 32.9 Å². The molecule has 0 aliphatic heterocycles. The molecule has 1 atom stereocenters. The Morgan fingerprint density at radius 1 is 1.25 bits per heavy atom. The molecule has 0 aromatic heterocycles. The minimum absolute atomic E-state index is 0.0457. The molecular formula is C13H20N2O4S. The number of amides is 1. The Kier molecular flexibility index (Phi) is 4.77. The van der Waals surface area contributed by atoms with E-state index in [9.17, 15) is 13.2 Å². The van der Waals surface area contributed by atoms with Gasteiger partial charge in [-0.25, -0.2) is 18.4 Å². The second-order valence-corrected chi connectivity index (χ2v) is 7.25. The number of carbonyl (C=O) groups excluding carboxylic acids is 1. The maximum absolute atomic E-state index is 11.2. The van der Waals surface area contributed by atoms with Gasteiger partial charge in [0.2, 0.25) is 10.0 Å². The molecule has 0 radical (unpaired) electrons. The molecule has 1 aromatic carbocycles. The largest absolute Gasteiger partial charge is 0.445 e. The SMILES string of the molecule is CC(C)(C)C(Cc1ccc(S(N)(=O)=O)cc1)OC(N)=O. The molecule has 0 saturated carbocycles. The van der Waals surface area contributed by atoms with Crippen LogP contribution < -0.4 is 10.9 Å². The highest BCUT2D eigenvalue weighted by atomic mass is 32.2. The summed E-state index contributed by atoms with van der Waals surface area (Å²) in [5, 5.41) is 5.03. The molecule has 1 rings (SSSR count). The average molecular weight is 300 g/mol. The van der Waals surface area contributed by atoms with Crippen molar-refractivity contribution < 1.29 is 17.9 Å². The van der Waals surface area contributed by atoms with E-state index >= 15 is 0 Å². The lowest BCUT2D eigenvalue weighted by Crippen LogP contribution is -2.35. The van der Waals surface area contributed by atoms with Crippen molar-refractivity contribution in [1.29, 1.82) is 0 Å². The van der Waals surface area contributed by atoms with Gasteiger partial charge < -0.3 is 10.5 Å². The third kappa shape index (κ3) is 4.82. The smallest absolute Gasteiger partial charge is 0.404 e. The van der Waals surface area contributed by atoms with Crippen LogP contribution in [0.1, 0.15) is 26.3 Å². The molecule has 4 N–H and O–H groups in total. The summed E-state index contributed by atoms with van der Waals surface area (Å²) in [5.74, 6) is 0. The summed E-state index contributed by atoms with van der Waals surface area (Å²) >= 11 is 0. The molecule has 0 fully saturated rings. The Balaban J connectivity index is 2.92. The molecule has 6 nitrogen and oxygen atoms in total. The van der Waals surface area contributed by atoms with E-state index in [2.05, 4.69) is 0 Å². The number of primary sulfonamides is 1. The van der Waals surface area contributed by atoms with Gasteiger partial charge in [-0.3, -0.25) is 0 Å². The Labute approximate surface area is 119 Å². The quantitative estimate of drug-likeness (QED) is 0.874. The summed E-state index contributed by atoms with van der Waals surface area (Å²) in [4.78, 5) is 11.0. The Bertz CT molecular complexity index is 573. The molecule has 1 aromatic rings. The molecule has 0 saturated heterocycles. The lowest BCUT2D eigenvalue weighted by Gasteiger charge is -2.29. The van der Waals surface area contributed by atoms with Gasteiger partial charge in [0, 0.05) is 6.42 Å². The van der Waals surface area contributed by atoms with Crippen LogP contribution in [0, 0.1) is 5.41 Å². The summed E-state index contributed by atoms with van der Waals surface area (Å²) in [6.07, 6.45) is -0.788. The molecule has 0 aliphatic rings. The van der Waals surface area contributed by atoms with Crippen LogP contribution in [-0.4, -0.2) is 20.6 Å². The molecule has 0 bridgehead atoms. The predicted octanol–water partition coefficient (Wildman–Crippen LogP) is 1.39. The number of nitrogens with two attached hydrogens (primary N) is 2. The van der Waals surface area contributed by atoms with Crippen LogP contribution in [0.25, 0.3) is 0 Å². The number of primary amides is 1. The molecule has 1 unspecified atom stereocenters. The fourth-order valence-electron chi connectivity index (χ4n) is 1.69. The van der Waals surface area contributed by atoms with Crippen molar-refractivity contribution in [3.63, 3.8) is 0 Å². The van der Waals surface area contributed by atoms with Crippen LogP contribution >= 0.6 is 0 Å². The monoisotopic (exact) mass is 300 g/mol. The molecule has 1 amide bonds. The van der Waals surface area contributed by atoms with Crippen molar-refractivity contribution >= 4 is 16.1 Å². The van der Waals surface area contributed by atoms with Gasteiger partial charge in [0.15, 0.2) is 0 Å². The summed E-state index contributed by atoms with van der Waals surface area (Å²) in [6.45, 7) is 5.79. The van der Waals surface area contributed by atoms with Crippen LogP contribution in [0.4, 0.5) is 4.79 Å². The molecule has 20 heavy (non-hydrogen) atoms. The van der Waals surface area contributed by atoms with E-state index in [0.717, 1.165) is 5.56 Å². The Morgan fingerprint density at radius 2 is 1.75 bits per heavy atom. The summed E-state index contributed by atoms with van der Waals surface area (Å²) < 4.78 is 27.4. The molecule has 0 aliphatic carbocycles. The van der Waals surface area contributed by atoms with Gasteiger partial charge in [-0.05, 0) is 23.1 Å². The highest BCUT2D eigenvalue weighted by Crippen LogP contribution is 2.26. The van der Waals surface area contributed by atoms with Crippen molar-refractivity contribution in [2.24, 2.45) is 16.3 Å². The van der Waals surface area contributed by atoms with E-state index < -0.39 is 22.2 Å². The second kappa shape index (κ2) is 5.80. The van der Waals surface area contributed by atoms with E-state index in [1.165, 1.54) is 12.1 Å². The van der Waals surface area contributed by atoms with Gasteiger partial charge in [0.25, 0.3) is 0 Å². The number of ether oxygens (including phenoxy) is 1. The molecule has 112 valence electrons. The third-order valence-electron chi connectivity index (χ3n) is 2.90. The van der Waals surface area contributed by atoms with Gasteiger partial charge in [-0.2, -0.15) is 0 Å². The van der Waals surface area contributed by atoms with Crippen LogP contribution in [-0.2, 0) is 21.2 Å². The van der Waals surface area contributed by atoms with E-state index in [1.807, 2.05) is 20.8 Å². The van der Waals surface area contributed by atoms with Crippen molar-refractivity contribution in [2.75, 3.05) is 0 Å². The van der Waals surface area contributed by atoms with E-state index in [4.69, 9.17) is 15.6 Å². The number of rotatable bonds is 4. The first-order valence-electron chi connectivity index (χ1n) is 6.08. The number of carbonyl (C=O) groups is 1. The fraction of sp³-hybridized carbons (Fsp3) is 0.462. The fourth-order valence-corrected chi connectivity index (χ4v) is 2.21.